The maximum atomic E-state index is 11.8. The van der Waals surface area contributed by atoms with Gasteiger partial charge in [-0.25, -0.2) is 0 Å². The monoisotopic (exact) mass is 235 g/mol. The predicted molar refractivity (Wildman–Crippen MR) is 58.3 cm³/mol. The molecule has 0 unspecified atom stereocenters. The average Bonchev–Trinajstić information content (AvgIpc) is 2.28. The lowest BCUT2D eigenvalue weighted by atomic mass is 9.88. The molecule has 6 nitrogen and oxygen atoms in total. The summed E-state index contributed by atoms with van der Waals surface area (Å²) in [6.45, 7) is 1.41. The highest BCUT2D eigenvalue weighted by Gasteiger charge is 2.33. The number of aromatic hydroxyl groups is 3. The molecule has 0 heterocycles. The second kappa shape index (κ2) is 3.24. The SMILES string of the molecule is CC1=CC(=O)c2c(O)c(O)c(N)c(O)c2C1=O. The van der Waals surface area contributed by atoms with Crippen LogP contribution >= 0.6 is 0 Å². The number of hydrogen-bond donors (Lipinski definition) is 4. The summed E-state index contributed by atoms with van der Waals surface area (Å²) in [5, 5.41) is 28.6. The molecule has 88 valence electrons. The highest BCUT2D eigenvalue weighted by molar-refractivity contribution is 6.27. The number of hydrogen-bond acceptors (Lipinski definition) is 6. The van der Waals surface area contributed by atoms with Gasteiger partial charge in [0.2, 0.25) is 0 Å². The summed E-state index contributed by atoms with van der Waals surface area (Å²) < 4.78 is 0. The van der Waals surface area contributed by atoms with Crippen LogP contribution in [0, 0.1) is 0 Å². The molecule has 0 amide bonds. The van der Waals surface area contributed by atoms with E-state index < -0.39 is 40.1 Å². The molecule has 5 N–H and O–H groups in total. The zero-order valence-corrected chi connectivity index (χ0v) is 8.81. The van der Waals surface area contributed by atoms with Gasteiger partial charge < -0.3 is 21.1 Å². The lowest BCUT2D eigenvalue weighted by molar-refractivity contribution is 0.0979. The van der Waals surface area contributed by atoms with Gasteiger partial charge in [-0.2, -0.15) is 0 Å². The van der Waals surface area contributed by atoms with Crippen LogP contribution in [0.2, 0.25) is 0 Å². The van der Waals surface area contributed by atoms with E-state index in [0.717, 1.165) is 6.08 Å². The number of rotatable bonds is 0. The smallest absolute Gasteiger partial charge is 0.193 e. The third kappa shape index (κ3) is 1.27. The Bertz CT molecular complexity index is 601. The number of Topliss-reactive ketones (excluding diaryl/α,β-unsaturated/α-hetero) is 1. The van der Waals surface area contributed by atoms with E-state index in [1.165, 1.54) is 6.92 Å². The molecule has 0 fully saturated rings. The molecular weight excluding hydrogens is 226 g/mol. The number of anilines is 1. The van der Waals surface area contributed by atoms with E-state index in [1.54, 1.807) is 0 Å². The van der Waals surface area contributed by atoms with Gasteiger partial charge >= 0.3 is 0 Å². The number of carbonyl (C=O) groups excluding carboxylic acids is 2. The van der Waals surface area contributed by atoms with E-state index in [-0.39, 0.29) is 11.1 Å². The topological polar surface area (TPSA) is 121 Å². The third-order valence-electron chi connectivity index (χ3n) is 2.64. The van der Waals surface area contributed by atoms with Crippen LogP contribution < -0.4 is 5.73 Å². The fourth-order valence-corrected chi connectivity index (χ4v) is 1.72. The summed E-state index contributed by atoms with van der Waals surface area (Å²) in [5.74, 6) is -3.58. The average molecular weight is 235 g/mol. The molecule has 0 radical (unpaired) electrons. The van der Waals surface area contributed by atoms with Gasteiger partial charge in [-0.05, 0) is 13.0 Å². The third-order valence-corrected chi connectivity index (χ3v) is 2.64. The molecule has 0 saturated heterocycles. The van der Waals surface area contributed by atoms with Crippen LogP contribution in [0.1, 0.15) is 27.6 Å². The Labute approximate surface area is 95.6 Å². The molecule has 0 atom stereocenters. The molecule has 1 aromatic rings. The molecule has 0 spiro atoms. The van der Waals surface area contributed by atoms with Crippen LogP contribution in [-0.2, 0) is 0 Å². The number of allylic oxidation sites excluding steroid dienone is 2. The molecular formula is C11H9NO5. The molecule has 2 rings (SSSR count). The van der Waals surface area contributed by atoms with Crippen molar-refractivity contribution in [1.29, 1.82) is 0 Å². The summed E-state index contributed by atoms with van der Waals surface area (Å²) in [4.78, 5) is 23.4. The summed E-state index contributed by atoms with van der Waals surface area (Å²) in [7, 11) is 0. The maximum Gasteiger partial charge on any atom is 0.193 e. The fourth-order valence-electron chi connectivity index (χ4n) is 1.72. The Morgan fingerprint density at radius 3 is 2.18 bits per heavy atom. The van der Waals surface area contributed by atoms with E-state index in [1.807, 2.05) is 0 Å². The highest BCUT2D eigenvalue weighted by atomic mass is 16.3. The second-order valence-electron chi connectivity index (χ2n) is 3.73. The first-order valence-electron chi connectivity index (χ1n) is 4.70. The van der Waals surface area contributed by atoms with Crippen molar-refractivity contribution in [3.63, 3.8) is 0 Å². The standard InChI is InChI=1S/C11H9NO5/c1-3-2-4(13)5-6(8(3)14)9(15)7(12)11(17)10(5)16/h2,15-17H,12H2,1H3. The van der Waals surface area contributed by atoms with Gasteiger partial charge in [-0.3, -0.25) is 9.59 Å². The summed E-state index contributed by atoms with van der Waals surface area (Å²) in [6.07, 6.45) is 1.03. The van der Waals surface area contributed by atoms with Crippen molar-refractivity contribution in [2.24, 2.45) is 0 Å². The molecule has 17 heavy (non-hydrogen) atoms. The number of benzene rings is 1. The number of fused-ring (bicyclic) bond motifs is 1. The van der Waals surface area contributed by atoms with Crippen LogP contribution in [0.3, 0.4) is 0 Å². The van der Waals surface area contributed by atoms with Crippen molar-refractivity contribution in [1.82, 2.24) is 0 Å². The Morgan fingerprint density at radius 2 is 1.59 bits per heavy atom. The van der Waals surface area contributed by atoms with E-state index in [2.05, 4.69) is 0 Å². The summed E-state index contributed by atoms with van der Waals surface area (Å²) >= 11 is 0. The number of nitrogens with two attached hydrogens (primary N) is 1. The van der Waals surface area contributed by atoms with Gasteiger partial charge in [-0.15, -0.1) is 0 Å². The van der Waals surface area contributed by atoms with Crippen molar-refractivity contribution in [3.05, 3.63) is 22.8 Å². The first-order valence-corrected chi connectivity index (χ1v) is 4.70. The molecule has 0 aromatic heterocycles. The fraction of sp³-hybridized carbons (Fsp3) is 0.0909. The summed E-state index contributed by atoms with van der Waals surface area (Å²) in [6, 6.07) is 0. The first kappa shape index (κ1) is 11.0. The lowest BCUT2D eigenvalue weighted by Gasteiger charge is -2.17. The largest absolute Gasteiger partial charge is 0.505 e. The van der Waals surface area contributed by atoms with Gasteiger partial charge in [0.15, 0.2) is 28.8 Å². The van der Waals surface area contributed by atoms with Crippen LogP contribution in [0.25, 0.3) is 0 Å². The Morgan fingerprint density at radius 1 is 1.00 bits per heavy atom. The number of nitrogen functional groups attached to an aromatic ring is 1. The Kier molecular flexibility index (Phi) is 2.10. The minimum absolute atomic E-state index is 0.127. The van der Waals surface area contributed by atoms with Crippen molar-refractivity contribution in [3.8, 4) is 17.2 Å². The zero-order chi connectivity index (χ0) is 12.9. The van der Waals surface area contributed by atoms with E-state index in [9.17, 15) is 24.9 Å². The Hall–Kier alpha value is -2.50. The first-order chi connectivity index (χ1) is 7.86. The van der Waals surface area contributed by atoms with Crippen LogP contribution in [0.15, 0.2) is 11.6 Å². The van der Waals surface area contributed by atoms with E-state index in [0.29, 0.717) is 0 Å². The second-order valence-corrected chi connectivity index (χ2v) is 3.73. The molecule has 1 aromatic carbocycles. The van der Waals surface area contributed by atoms with Gasteiger partial charge in [0.25, 0.3) is 0 Å². The van der Waals surface area contributed by atoms with Crippen molar-refractivity contribution in [2.75, 3.05) is 5.73 Å². The van der Waals surface area contributed by atoms with Gasteiger partial charge in [0, 0.05) is 5.57 Å². The number of phenolic OH excluding ortho intramolecular Hbond substituents is 3. The molecule has 1 aliphatic rings. The van der Waals surface area contributed by atoms with Gasteiger partial charge in [0.1, 0.15) is 5.69 Å². The van der Waals surface area contributed by atoms with E-state index >= 15 is 0 Å². The predicted octanol–water partition coefficient (Wildman–Crippen LogP) is 0.711. The highest BCUT2D eigenvalue weighted by Crippen LogP contribution is 2.46. The number of phenols is 3. The molecule has 0 saturated carbocycles. The quantitative estimate of drug-likeness (QED) is 0.298. The molecule has 0 bridgehead atoms. The van der Waals surface area contributed by atoms with Crippen molar-refractivity contribution in [2.45, 2.75) is 6.92 Å². The molecule has 1 aliphatic carbocycles. The minimum Gasteiger partial charge on any atom is -0.505 e. The van der Waals surface area contributed by atoms with Crippen molar-refractivity contribution < 1.29 is 24.9 Å². The lowest BCUT2D eigenvalue weighted by Crippen LogP contribution is -2.16. The maximum absolute atomic E-state index is 11.8. The van der Waals surface area contributed by atoms with E-state index in [4.69, 9.17) is 5.73 Å². The van der Waals surface area contributed by atoms with Gasteiger partial charge in [-0.1, -0.05) is 0 Å². The van der Waals surface area contributed by atoms with Crippen molar-refractivity contribution >= 4 is 17.3 Å². The molecule has 0 aliphatic heterocycles. The zero-order valence-electron chi connectivity index (χ0n) is 8.81. The van der Waals surface area contributed by atoms with Gasteiger partial charge in [0.05, 0.1) is 11.1 Å². The van der Waals surface area contributed by atoms with Crippen LogP contribution in [0.4, 0.5) is 5.69 Å². The summed E-state index contributed by atoms with van der Waals surface area (Å²) in [5.41, 5.74) is 4.12. The number of carbonyl (C=O) groups is 2. The Balaban J connectivity index is 2.93. The molecule has 6 heteroatoms. The van der Waals surface area contributed by atoms with Crippen LogP contribution in [-0.4, -0.2) is 26.9 Å². The normalized spacial score (nSPS) is 14.5. The minimum atomic E-state index is -0.810. The number of ketones is 2. The van der Waals surface area contributed by atoms with Crippen LogP contribution in [0.5, 0.6) is 17.2 Å².